The van der Waals surface area contributed by atoms with E-state index in [0.29, 0.717) is 0 Å². The summed E-state index contributed by atoms with van der Waals surface area (Å²) >= 11 is 0. The van der Waals surface area contributed by atoms with Crippen LogP contribution in [0, 0.1) is 0 Å². The van der Waals surface area contributed by atoms with Gasteiger partial charge in [0.25, 0.3) is 0 Å². The van der Waals surface area contributed by atoms with Crippen LogP contribution in [0.25, 0.3) is 0 Å². The second-order valence-electron chi connectivity index (χ2n) is 2.51. The van der Waals surface area contributed by atoms with E-state index in [1.807, 2.05) is 27.7 Å². The predicted molar refractivity (Wildman–Crippen MR) is 57.5 cm³/mol. The van der Waals surface area contributed by atoms with Crippen LogP contribution >= 0.6 is 0 Å². The molecule has 1 unspecified atom stereocenters. The van der Waals surface area contributed by atoms with Crippen LogP contribution in [0.4, 0.5) is 0 Å². The van der Waals surface area contributed by atoms with Crippen LogP contribution in [-0.4, -0.2) is 29.9 Å². The quantitative estimate of drug-likeness (QED) is 0.628. The van der Waals surface area contributed by atoms with Gasteiger partial charge in [-0.15, -0.1) is 0 Å². The first-order valence-corrected chi connectivity index (χ1v) is 5.21. The summed E-state index contributed by atoms with van der Waals surface area (Å²) in [5, 5.41) is 0. The van der Waals surface area contributed by atoms with Gasteiger partial charge in [0.15, 0.2) is 0 Å². The Bertz CT molecular complexity index is 126. The third-order valence-corrected chi connectivity index (χ3v) is 1.67. The van der Waals surface area contributed by atoms with Gasteiger partial charge in [-0.05, 0) is 6.42 Å². The van der Waals surface area contributed by atoms with Crippen molar-refractivity contribution < 1.29 is 4.79 Å². The second-order valence-corrected chi connectivity index (χ2v) is 2.51. The SMILES string of the molecule is CC.CC.CC(=O)N1CCC(N)C1. The fourth-order valence-electron chi connectivity index (χ4n) is 1.07. The zero-order chi connectivity index (χ0) is 10.9. The second kappa shape index (κ2) is 9.52. The zero-order valence-corrected chi connectivity index (χ0v) is 9.63. The smallest absolute Gasteiger partial charge is 0.219 e. The Balaban J connectivity index is 0. The summed E-state index contributed by atoms with van der Waals surface area (Å²) in [7, 11) is 0. The molecule has 3 heteroatoms. The molecule has 1 fully saturated rings. The first-order chi connectivity index (χ1) is 6.20. The van der Waals surface area contributed by atoms with E-state index in [4.69, 9.17) is 5.73 Å². The normalized spacial score (nSPS) is 19.5. The van der Waals surface area contributed by atoms with Gasteiger partial charge in [-0.25, -0.2) is 0 Å². The van der Waals surface area contributed by atoms with Crippen molar-refractivity contribution in [1.82, 2.24) is 4.90 Å². The summed E-state index contributed by atoms with van der Waals surface area (Å²) in [5.41, 5.74) is 5.57. The molecular formula is C10H24N2O. The van der Waals surface area contributed by atoms with Crippen molar-refractivity contribution in [2.75, 3.05) is 13.1 Å². The number of carbonyl (C=O) groups excluding carboxylic acids is 1. The molecule has 13 heavy (non-hydrogen) atoms. The van der Waals surface area contributed by atoms with Crippen molar-refractivity contribution in [3.05, 3.63) is 0 Å². The van der Waals surface area contributed by atoms with E-state index in [2.05, 4.69) is 0 Å². The van der Waals surface area contributed by atoms with Gasteiger partial charge in [0.2, 0.25) is 5.91 Å². The van der Waals surface area contributed by atoms with Crippen molar-refractivity contribution in [1.29, 1.82) is 0 Å². The summed E-state index contributed by atoms with van der Waals surface area (Å²) in [6.45, 7) is 11.2. The van der Waals surface area contributed by atoms with Gasteiger partial charge in [-0.3, -0.25) is 4.79 Å². The highest BCUT2D eigenvalue weighted by Gasteiger charge is 2.20. The molecule has 1 heterocycles. The number of likely N-dealkylation sites (tertiary alicyclic amines) is 1. The number of nitrogens with two attached hydrogens (primary N) is 1. The lowest BCUT2D eigenvalue weighted by atomic mass is 10.3. The maximum atomic E-state index is 10.7. The van der Waals surface area contributed by atoms with Gasteiger partial charge in [0.1, 0.15) is 0 Å². The topological polar surface area (TPSA) is 46.3 Å². The molecule has 80 valence electrons. The molecule has 0 bridgehead atoms. The standard InChI is InChI=1S/C6H12N2O.2C2H6/c1-5(9)8-3-2-6(7)4-8;2*1-2/h6H,2-4,7H2,1H3;2*1-2H3. The van der Waals surface area contributed by atoms with Crippen LogP contribution in [0.2, 0.25) is 0 Å². The third kappa shape index (κ3) is 6.58. The van der Waals surface area contributed by atoms with Crippen molar-refractivity contribution in [3.8, 4) is 0 Å². The van der Waals surface area contributed by atoms with Gasteiger partial charge in [0, 0.05) is 26.1 Å². The molecule has 0 spiro atoms. The van der Waals surface area contributed by atoms with Crippen LogP contribution in [0.15, 0.2) is 0 Å². The molecule has 1 saturated heterocycles. The molecular weight excluding hydrogens is 164 g/mol. The molecule has 0 aromatic rings. The number of carbonyl (C=O) groups is 1. The van der Waals surface area contributed by atoms with E-state index in [9.17, 15) is 4.79 Å². The molecule has 1 aliphatic heterocycles. The van der Waals surface area contributed by atoms with E-state index >= 15 is 0 Å². The Morgan fingerprint density at radius 1 is 1.31 bits per heavy atom. The maximum absolute atomic E-state index is 10.7. The Morgan fingerprint density at radius 3 is 1.92 bits per heavy atom. The summed E-state index contributed by atoms with van der Waals surface area (Å²) in [5.74, 6) is 0.142. The molecule has 0 aromatic carbocycles. The summed E-state index contributed by atoms with van der Waals surface area (Å²) in [4.78, 5) is 12.4. The highest BCUT2D eigenvalue weighted by atomic mass is 16.2. The number of nitrogens with zero attached hydrogens (tertiary/aromatic N) is 1. The molecule has 0 aromatic heterocycles. The zero-order valence-electron chi connectivity index (χ0n) is 9.63. The lowest BCUT2D eigenvalue weighted by Gasteiger charge is -2.11. The van der Waals surface area contributed by atoms with E-state index in [0.717, 1.165) is 19.5 Å². The lowest BCUT2D eigenvalue weighted by molar-refractivity contribution is -0.127. The summed E-state index contributed by atoms with van der Waals surface area (Å²) in [6.07, 6.45) is 0.958. The van der Waals surface area contributed by atoms with E-state index < -0.39 is 0 Å². The number of hydrogen-bond acceptors (Lipinski definition) is 2. The molecule has 0 aliphatic carbocycles. The molecule has 1 aliphatic rings. The van der Waals surface area contributed by atoms with Gasteiger partial charge in [-0.1, -0.05) is 27.7 Å². The highest BCUT2D eigenvalue weighted by Crippen LogP contribution is 2.05. The van der Waals surface area contributed by atoms with Gasteiger partial charge in [-0.2, -0.15) is 0 Å². The molecule has 1 rings (SSSR count). The third-order valence-electron chi connectivity index (χ3n) is 1.67. The largest absolute Gasteiger partial charge is 0.341 e. The Hall–Kier alpha value is -0.570. The Kier molecular flexibility index (Phi) is 10.9. The lowest BCUT2D eigenvalue weighted by Crippen LogP contribution is -2.29. The van der Waals surface area contributed by atoms with Gasteiger partial charge < -0.3 is 10.6 Å². The van der Waals surface area contributed by atoms with E-state index in [-0.39, 0.29) is 11.9 Å². The molecule has 1 atom stereocenters. The summed E-state index contributed by atoms with van der Waals surface area (Å²) in [6, 6.07) is 0.217. The van der Waals surface area contributed by atoms with E-state index in [1.165, 1.54) is 0 Å². The minimum Gasteiger partial charge on any atom is -0.341 e. The minimum absolute atomic E-state index is 0.142. The van der Waals surface area contributed by atoms with Crippen LogP contribution in [-0.2, 0) is 4.79 Å². The van der Waals surface area contributed by atoms with Crippen LogP contribution in [0.5, 0.6) is 0 Å². The summed E-state index contributed by atoms with van der Waals surface area (Å²) < 4.78 is 0. The van der Waals surface area contributed by atoms with Crippen LogP contribution in [0.1, 0.15) is 41.0 Å². The maximum Gasteiger partial charge on any atom is 0.219 e. The number of rotatable bonds is 0. The van der Waals surface area contributed by atoms with Crippen molar-refractivity contribution in [3.63, 3.8) is 0 Å². The first kappa shape index (κ1) is 14.9. The average Bonchev–Trinajstić information content (AvgIpc) is 2.59. The Morgan fingerprint density at radius 2 is 1.77 bits per heavy atom. The molecule has 0 saturated carbocycles. The molecule has 0 radical (unpaired) electrons. The fourth-order valence-corrected chi connectivity index (χ4v) is 1.07. The first-order valence-electron chi connectivity index (χ1n) is 5.21. The average molecular weight is 188 g/mol. The minimum atomic E-state index is 0.142. The van der Waals surface area contributed by atoms with Gasteiger partial charge >= 0.3 is 0 Å². The monoisotopic (exact) mass is 188 g/mol. The number of hydrogen-bond donors (Lipinski definition) is 1. The van der Waals surface area contributed by atoms with Crippen LogP contribution < -0.4 is 5.73 Å². The Labute approximate surface area is 82.3 Å². The molecule has 1 amide bonds. The number of amides is 1. The fraction of sp³-hybridized carbons (Fsp3) is 0.900. The van der Waals surface area contributed by atoms with Crippen LogP contribution in [0.3, 0.4) is 0 Å². The van der Waals surface area contributed by atoms with Crippen molar-refractivity contribution in [2.45, 2.75) is 47.1 Å². The predicted octanol–water partition coefficient (Wildman–Crippen LogP) is 1.62. The van der Waals surface area contributed by atoms with E-state index in [1.54, 1.807) is 11.8 Å². The van der Waals surface area contributed by atoms with Crippen molar-refractivity contribution in [2.24, 2.45) is 5.73 Å². The highest BCUT2D eigenvalue weighted by molar-refractivity contribution is 5.73. The van der Waals surface area contributed by atoms with Crippen molar-refractivity contribution >= 4 is 5.91 Å². The van der Waals surface area contributed by atoms with Gasteiger partial charge in [0.05, 0.1) is 0 Å². The molecule has 3 nitrogen and oxygen atoms in total. The molecule has 2 N–H and O–H groups in total.